The summed E-state index contributed by atoms with van der Waals surface area (Å²) in [6.07, 6.45) is 1.37. The van der Waals surface area contributed by atoms with Crippen LogP contribution in [0, 0.1) is 5.92 Å². The number of aliphatic carboxylic acids is 1. The minimum Gasteiger partial charge on any atom is -0.486 e. The molecule has 3 rings (SSSR count). The van der Waals surface area contributed by atoms with Crippen molar-refractivity contribution in [2.24, 2.45) is 5.92 Å². The van der Waals surface area contributed by atoms with E-state index < -0.39 is 5.97 Å². The Morgan fingerprint density at radius 3 is 2.67 bits per heavy atom. The molecule has 2 aliphatic rings. The van der Waals surface area contributed by atoms with Gasteiger partial charge in [-0.2, -0.15) is 0 Å². The van der Waals surface area contributed by atoms with Gasteiger partial charge in [0.25, 0.3) is 0 Å². The lowest BCUT2D eigenvalue weighted by Crippen LogP contribution is -2.39. The predicted octanol–water partition coefficient (Wildman–Crippen LogP) is 1.73. The van der Waals surface area contributed by atoms with E-state index in [0.29, 0.717) is 26.1 Å². The van der Waals surface area contributed by atoms with E-state index in [1.807, 2.05) is 18.2 Å². The van der Waals surface area contributed by atoms with Crippen molar-refractivity contribution in [2.75, 3.05) is 18.5 Å². The highest BCUT2D eigenvalue weighted by Gasteiger charge is 2.34. The maximum absolute atomic E-state index is 10.7. The molecule has 0 bridgehead atoms. The average molecular weight is 249 g/mol. The van der Waals surface area contributed by atoms with E-state index in [1.165, 1.54) is 0 Å². The second-order valence-corrected chi connectivity index (χ2v) is 4.71. The van der Waals surface area contributed by atoms with Gasteiger partial charge in [-0.05, 0) is 25.0 Å². The van der Waals surface area contributed by atoms with Crippen LogP contribution in [0.15, 0.2) is 18.2 Å². The third-order valence-corrected chi connectivity index (χ3v) is 3.40. The monoisotopic (exact) mass is 249 g/mol. The number of rotatable bonds is 3. The Bertz CT molecular complexity index is 468. The van der Waals surface area contributed by atoms with E-state index in [4.69, 9.17) is 14.6 Å². The standard InChI is InChI=1S/C13H15NO4/c15-13(16)8-5-10(6-8)14-9-1-2-11-12(7-9)18-4-3-17-11/h1-2,7-8,10,14H,3-6H2,(H,15,16). The summed E-state index contributed by atoms with van der Waals surface area (Å²) in [6.45, 7) is 1.16. The van der Waals surface area contributed by atoms with Gasteiger partial charge in [-0.25, -0.2) is 0 Å². The first-order valence-electron chi connectivity index (χ1n) is 6.11. The van der Waals surface area contributed by atoms with Crippen LogP contribution in [0.4, 0.5) is 5.69 Å². The molecule has 1 heterocycles. The molecule has 0 atom stereocenters. The van der Waals surface area contributed by atoms with Crippen molar-refractivity contribution < 1.29 is 19.4 Å². The van der Waals surface area contributed by atoms with Gasteiger partial charge in [0.15, 0.2) is 11.5 Å². The number of fused-ring (bicyclic) bond motifs is 1. The second kappa shape index (κ2) is 4.40. The SMILES string of the molecule is O=C(O)C1CC(Nc2ccc3c(c2)OCCO3)C1. The quantitative estimate of drug-likeness (QED) is 0.854. The molecule has 5 nitrogen and oxygen atoms in total. The molecule has 0 saturated heterocycles. The third kappa shape index (κ3) is 2.08. The summed E-state index contributed by atoms with van der Waals surface area (Å²) >= 11 is 0. The fourth-order valence-corrected chi connectivity index (χ4v) is 2.31. The summed E-state index contributed by atoms with van der Waals surface area (Å²) in [5.41, 5.74) is 0.952. The first-order valence-corrected chi connectivity index (χ1v) is 6.11. The number of carboxylic acid groups (broad SMARTS) is 1. The van der Waals surface area contributed by atoms with Crippen LogP contribution in [-0.2, 0) is 4.79 Å². The minimum absolute atomic E-state index is 0.195. The minimum atomic E-state index is -0.699. The maximum Gasteiger partial charge on any atom is 0.306 e. The molecule has 96 valence electrons. The van der Waals surface area contributed by atoms with Crippen LogP contribution in [0.5, 0.6) is 11.5 Å². The summed E-state index contributed by atoms with van der Waals surface area (Å²) in [7, 11) is 0. The summed E-state index contributed by atoms with van der Waals surface area (Å²) in [6, 6.07) is 5.96. The van der Waals surface area contributed by atoms with Crippen LogP contribution in [-0.4, -0.2) is 30.3 Å². The van der Waals surface area contributed by atoms with Gasteiger partial charge in [0, 0.05) is 17.8 Å². The van der Waals surface area contributed by atoms with Crippen molar-refractivity contribution in [3.8, 4) is 11.5 Å². The molecule has 5 heteroatoms. The van der Waals surface area contributed by atoms with Crippen LogP contribution >= 0.6 is 0 Å². The largest absolute Gasteiger partial charge is 0.486 e. The molecular formula is C13H15NO4. The molecule has 18 heavy (non-hydrogen) atoms. The van der Waals surface area contributed by atoms with E-state index in [9.17, 15) is 4.79 Å². The smallest absolute Gasteiger partial charge is 0.306 e. The molecule has 1 aliphatic carbocycles. The van der Waals surface area contributed by atoms with Gasteiger partial charge in [0.05, 0.1) is 5.92 Å². The third-order valence-electron chi connectivity index (χ3n) is 3.40. The van der Waals surface area contributed by atoms with Crippen LogP contribution in [0.2, 0.25) is 0 Å². The van der Waals surface area contributed by atoms with Gasteiger partial charge in [-0.3, -0.25) is 4.79 Å². The van der Waals surface area contributed by atoms with Crippen molar-refractivity contribution in [1.82, 2.24) is 0 Å². The Kier molecular flexibility index (Phi) is 2.74. The zero-order valence-electron chi connectivity index (χ0n) is 9.89. The molecule has 1 aromatic rings. The topological polar surface area (TPSA) is 67.8 Å². The lowest BCUT2D eigenvalue weighted by atomic mass is 9.80. The van der Waals surface area contributed by atoms with Crippen LogP contribution in [0.25, 0.3) is 0 Å². The van der Waals surface area contributed by atoms with E-state index in [0.717, 1.165) is 17.2 Å². The molecule has 1 fully saturated rings. The number of benzene rings is 1. The average Bonchev–Trinajstić information content (AvgIpc) is 2.32. The highest BCUT2D eigenvalue weighted by Crippen LogP contribution is 2.35. The highest BCUT2D eigenvalue weighted by molar-refractivity contribution is 5.71. The predicted molar refractivity (Wildman–Crippen MR) is 65.2 cm³/mol. The number of carbonyl (C=O) groups is 1. The van der Waals surface area contributed by atoms with Crippen molar-refractivity contribution in [3.63, 3.8) is 0 Å². The number of carboxylic acids is 1. The van der Waals surface area contributed by atoms with Crippen molar-refractivity contribution >= 4 is 11.7 Å². The first-order chi connectivity index (χ1) is 8.72. The van der Waals surface area contributed by atoms with Gasteiger partial charge in [0.1, 0.15) is 13.2 Å². The number of nitrogens with one attached hydrogen (secondary N) is 1. The Morgan fingerprint density at radius 1 is 1.22 bits per heavy atom. The van der Waals surface area contributed by atoms with Gasteiger partial charge >= 0.3 is 5.97 Å². The van der Waals surface area contributed by atoms with Crippen LogP contribution in [0.1, 0.15) is 12.8 Å². The molecule has 0 unspecified atom stereocenters. The fourth-order valence-electron chi connectivity index (χ4n) is 2.31. The van der Waals surface area contributed by atoms with Gasteiger partial charge in [0.2, 0.25) is 0 Å². The molecule has 0 aromatic heterocycles. The number of hydrogen-bond donors (Lipinski definition) is 2. The summed E-state index contributed by atoms with van der Waals surface area (Å²) in [5.74, 6) is 0.624. The maximum atomic E-state index is 10.7. The van der Waals surface area contributed by atoms with Gasteiger partial charge in [-0.15, -0.1) is 0 Å². The summed E-state index contributed by atoms with van der Waals surface area (Å²) in [5, 5.41) is 12.1. The van der Waals surface area contributed by atoms with Crippen molar-refractivity contribution in [2.45, 2.75) is 18.9 Å². The Balaban J connectivity index is 1.62. The number of anilines is 1. The lowest BCUT2D eigenvalue weighted by Gasteiger charge is -2.33. The molecule has 1 aliphatic heterocycles. The number of ether oxygens (including phenoxy) is 2. The molecule has 0 radical (unpaired) electrons. The Labute approximate surface area is 105 Å². The van der Waals surface area contributed by atoms with E-state index in [-0.39, 0.29) is 12.0 Å². The molecule has 0 amide bonds. The lowest BCUT2D eigenvalue weighted by molar-refractivity contribution is -0.144. The molecule has 1 saturated carbocycles. The van der Waals surface area contributed by atoms with Gasteiger partial charge < -0.3 is 19.9 Å². The molecule has 1 aromatic carbocycles. The van der Waals surface area contributed by atoms with Gasteiger partial charge in [-0.1, -0.05) is 0 Å². The summed E-state index contributed by atoms with van der Waals surface area (Å²) in [4.78, 5) is 10.7. The molecule has 0 spiro atoms. The number of hydrogen-bond acceptors (Lipinski definition) is 4. The summed E-state index contributed by atoms with van der Waals surface area (Å²) < 4.78 is 10.9. The Morgan fingerprint density at radius 2 is 1.94 bits per heavy atom. The van der Waals surface area contributed by atoms with Crippen molar-refractivity contribution in [1.29, 1.82) is 0 Å². The fraction of sp³-hybridized carbons (Fsp3) is 0.462. The normalized spacial score (nSPS) is 25.1. The van der Waals surface area contributed by atoms with E-state index in [2.05, 4.69) is 5.32 Å². The second-order valence-electron chi connectivity index (χ2n) is 4.71. The first kappa shape index (κ1) is 11.2. The zero-order valence-corrected chi connectivity index (χ0v) is 9.89. The highest BCUT2D eigenvalue weighted by atomic mass is 16.6. The van der Waals surface area contributed by atoms with Crippen molar-refractivity contribution in [3.05, 3.63) is 18.2 Å². The molecular weight excluding hydrogens is 234 g/mol. The van der Waals surface area contributed by atoms with Crippen LogP contribution in [0.3, 0.4) is 0 Å². The molecule has 2 N–H and O–H groups in total. The van der Waals surface area contributed by atoms with Crippen LogP contribution < -0.4 is 14.8 Å². The van der Waals surface area contributed by atoms with E-state index >= 15 is 0 Å². The Hall–Kier alpha value is -1.91. The zero-order chi connectivity index (χ0) is 12.5. The van der Waals surface area contributed by atoms with E-state index in [1.54, 1.807) is 0 Å².